The second-order valence-corrected chi connectivity index (χ2v) is 5.31. The second-order valence-electron chi connectivity index (χ2n) is 5.31. The Labute approximate surface area is 117 Å². The minimum atomic E-state index is 0.721. The van der Waals surface area contributed by atoms with Crippen molar-refractivity contribution in [2.75, 3.05) is 19.7 Å². The van der Waals surface area contributed by atoms with Crippen LogP contribution in [0.2, 0.25) is 0 Å². The molecule has 2 heteroatoms. The molecule has 1 aromatic rings. The first-order valence-corrected chi connectivity index (χ1v) is 7.38. The molecule has 0 radical (unpaired) electrons. The molecule has 1 aliphatic rings. The van der Waals surface area contributed by atoms with E-state index in [-0.39, 0.29) is 0 Å². The zero-order valence-electron chi connectivity index (χ0n) is 12.0. The Balaban J connectivity index is 1.58. The molecule has 1 heterocycles. The van der Waals surface area contributed by atoms with Gasteiger partial charge in [0.05, 0.1) is 13.2 Å². The lowest BCUT2D eigenvalue weighted by Gasteiger charge is -2.24. The maximum Gasteiger partial charge on any atom is 0.0717 e. The summed E-state index contributed by atoms with van der Waals surface area (Å²) >= 11 is 0. The molecule has 104 valence electrons. The Morgan fingerprint density at radius 3 is 2.84 bits per heavy atom. The molecule has 19 heavy (non-hydrogen) atoms. The summed E-state index contributed by atoms with van der Waals surface area (Å²) < 4.78 is 5.69. The third kappa shape index (κ3) is 5.48. The predicted octanol–water partition coefficient (Wildman–Crippen LogP) is 3.90. The van der Waals surface area contributed by atoms with E-state index in [4.69, 9.17) is 4.74 Å². The van der Waals surface area contributed by atoms with Gasteiger partial charge < -0.3 is 9.64 Å². The van der Waals surface area contributed by atoms with Crippen molar-refractivity contribution in [3.05, 3.63) is 47.7 Å². The van der Waals surface area contributed by atoms with Crippen molar-refractivity contribution >= 4 is 0 Å². The number of hydrogen-bond acceptors (Lipinski definition) is 2. The summed E-state index contributed by atoms with van der Waals surface area (Å²) in [6.45, 7) is 6.09. The number of likely N-dealkylation sites (tertiary alicyclic amines) is 1. The van der Waals surface area contributed by atoms with Gasteiger partial charge >= 0.3 is 0 Å². The molecule has 0 N–H and O–H groups in total. The predicted molar refractivity (Wildman–Crippen MR) is 80.0 cm³/mol. The molecule has 1 aliphatic heterocycles. The number of aryl methyl sites for hydroxylation is 1. The highest BCUT2D eigenvalue weighted by atomic mass is 16.5. The van der Waals surface area contributed by atoms with E-state index in [1.54, 1.807) is 0 Å². The van der Waals surface area contributed by atoms with Gasteiger partial charge in [-0.05, 0) is 44.4 Å². The highest BCUT2D eigenvalue weighted by molar-refractivity contribution is 5.21. The van der Waals surface area contributed by atoms with Crippen molar-refractivity contribution in [1.82, 2.24) is 4.90 Å². The van der Waals surface area contributed by atoms with E-state index in [0.717, 1.165) is 19.6 Å². The highest BCUT2D eigenvalue weighted by Crippen LogP contribution is 2.09. The molecule has 0 spiro atoms. The standard InChI is InChI=1S/C17H25NO/c1-16-8-7-9-17(14-16)15-19-13-6-5-12-18-10-3-2-4-11-18/h5,7-9,12,14H,2-4,6,10-11,13,15H2,1H3/b12-5+. The molecule has 0 bridgehead atoms. The molecule has 1 saturated heterocycles. The molecule has 1 fully saturated rings. The highest BCUT2D eigenvalue weighted by Gasteiger charge is 2.04. The van der Waals surface area contributed by atoms with Crippen LogP contribution in [0.3, 0.4) is 0 Å². The molecule has 2 nitrogen and oxygen atoms in total. The van der Waals surface area contributed by atoms with Gasteiger partial charge in [0.1, 0.15) is 0 Å². The summed E-state index contributed by atoms with van der Waals surface area (Å²) in [5.41, 5.74) is 2.56. The Bertz CT molecular complexity index is 394. The first-order valence-electron chi connectivity index (χ1n) is 7.38. The number of benzene rings is 1. The van der Waals surface area contributed by atoms with Crippen molar-refractivity contribution in [2.45, 2.75) is 39.2 Å². The van der Waals surface area contributed by atoms with Crippen LogP contribution in [0.5, 0.6) is 0 Å². The molecule has 0 aromatic heterocycles. The normalized spacial score (nSPS) is 16.2. The molecule has 0 saturated carbocycles. The van der Waals surface area contributed by atoms with Crippen LogP contribution in [-0.4, -0.2) is 24.6 Å². The lowest BCUT2D eigenvalue weighted by atomic mass is 10.1. The van der Waals surface area contributed by atoms with Gasteiger partial charge in [0.25, 0.3) is 0 Å². The lowest BCUT2D eigenvalue weighted by Crippen LogP contribution is -2.24. The summed E-state index contributed by atoms with van der Waals surface area (Å²) in [7, 11) is 0. The molecular weight excluding hydrogens is 234 g/mol. The average Bonchev–Trinajstić information content (AvgIpc) is 2.44. The van der Waals surface area contributed by atoms with Gasteiger partial charge in [0, 0.05) is 13.1 Å². The number of piperidine rings is 1. The maximum atomic E-state index is 5.69. The van der Waals surface area contributed by atoms with Crippen LogP contribution < -0.4 is 0 Å². The lowest BCUT2D eigenvalue weighted by molar-refractivity contribution is 0.125. The van der Waals surface area contributed by atoms with E-state index in [9.17, 15) is 0 Å². The first kappa shape index (κ1) is 14.1. The van der Waals surface area contributed by atoms with Crippen molar-refractivity contribution in [3.8, 4) is 0 Å². The molecule has 0 atom stereocenters. The minimum absolute atomic E-state index is 0.721. The van der Waals surface area contributed by atoms with Crippen LogP contribution in [-0.2, 0) is 11.3 Å². The van der Waals surface area contributed by atoms with Crippen LogP contribution in [0.4, 0.5) is 0 Å². The molecule has 1 aromatic carbocycles. The van der Waals surface area contributed by atoms with E-state index in [1.807, 2.05) is 0 Å². The molecule has 0 amide bonds. The van der Waals surface area contributed by atoms with E-state index >= 15 is 0 Å². The van der Waals surface area contributed by atoms with Gasteiger partial charge in [0.2, 0.25) is 0 Å². The van der Waals surface area contributed by atoms with Gasteiger partial charge in [-0.2, -0.15) is 0 Å². The number of ether oxygens (including phenoxy) is 1. The largest absolute Gasteiger partial charge is 0.378 e. The third-order valence-corrected chi connectivity index (χ3v) is 3.49. The Morgan fingerprint density at radius 1 is 1.21 bits per heavy atom. The Kier molecular flexibility index (Phi) is 5.96. The monoisotopic (exact) mass is 259 g/mol. The molecule has 0 unspecified atom stereocenters. The van der Waals surface area contributed by atoms with E-state index in [0.29, 0.717) is 0 Å². The quantitative estimate of drug-likeness (QED) is 0.718. The summed E-state index contributed by atoms with van der Waals surface area (Å²) in [6, 6.07) is 8.51. The molecule has 2 rings (SSSR count). The Morgan fingerprint density at radius 2 is 2.05 bits per heavy atom. The zero-order valence-corrected chi connectivity index (χ0v) is 12.0. The second kappa shape index (κ2) is 8.00. The van der Waals surface area contributed by atoms with Crippen LogP contribution >= 0.6 is 0 Å². The number of rotatable bonds is 6. The van der Waals surface area contributed by atoms with Crippen LogP contribution in [0, 0.1) is 6.92 Å². The summed E-state index contributed by atoms with van der Waals surface area (Å²) in [6.07, 6.45) is 9.56. The van der Waals surface area contributed by atoms with Crippen LogP contribution in [0.15, 0.2) is 36.5 Å². The van der Waals surface area contributed by atoms with E-state index < -0.39 is 0 Å². The summed E-state index contributed by atoms with van der Waals surface area (Å²) in [4.78, 5) is 2.42. The van der Waals surface area contributed by atoms with Gasteiger partial charge in [0.15, 0.2) is 0 Å². The summed E-state index contributed by atoms with van der Waals surface area (Å²) in [5, 5.41) is 0. The van der Waals surface area contributed by atoms with Crippen LogP contribution in [0.1, 0.15) is 36.8 Å². The first-order chi connectivity index (χ1) is 9.34. The smallest absolute Gasteiger partial charge is 0.0717 e. The van der Waals surface area contributed by atoms with Crippen molar-refractivity contribution in [2.24, 2.45) is 0 Å². The fraction of sp³-hybridized carbons (Fsp3) is 0.529. The van der Waals surface area contributed by atoms with E-state index in [1.165, 1.54) is 43.5 Å². The van der Waals surface area contributed by atoms with Crippen molar-refractivity contribution in [3.63, 3.8) is 0 Å². The topological polar surface area (TPSA) is 12.5 Å². The van der Waals surface area contributed by atoms with Crippen LogP contribution in [0.25, 0.3) is 0 Å². The minimum Gasteiger partial charge on any atom is -0.378 e. The zero-order chi connectivity index (χ0) is 13.3. The fourth-order valence-electron chi connectivity index (χ4n) is 2.43. The van der Waals surface area contributed by atoms with Crippen molar-refractivity contribution < 1.29 is 4.74 Å². The van der Waals surface area contributed by atoms with Gasteiger partial charge in [-0.3, -0.25) is 0 Å². The summed E-state index contributed by atoms with van der Waals surface area (Å²) in [5.74, 6) is 0. The number of nitrogens with zero attached hydrogens (tertiary/aromatic N) is 1. The molecule has 0 aliphatic carbocycles. The van der Waals surface area contributed by atoms with Gasteiger partial charge in [-0.15, -0.1) is 0 Å². The van der Waals surface area contributed by atoms with E-state index in [2.05, 4.69) is 48.4 Å². The van der Waals surface area contributed by atoms with Gasteiger partial charge in [-0.1, -0.05) is 35.9 Å². The third-order valence-electron chi connectivity index (χ3n) is 3.49. The fourth-order valence-corrected chi connectivity index (χ4v) is 2.43. The maximum absolute atomic E-state index is 5.69. The number of hydrogen-bond donors (Lipinski definition) is 0. The average molecular weight is 259 g/mol. The van der Waals surface area contributed by atoms with Crippen molar-refractivity contribution in [1.29, 1.82) is 0 Å². The molecular formula is C17H25NO. The Hall–Kier alpha value is -1.28. The SMILES string of the molecule is Cc1cccc(COCC/C=C/N2CCCCC2)c1. The van der Waals surface area contributed by atoms with Gasteiger partial charge in [-0.25, -0.2) is 0 Å².